The number of carbonyl (C=O) groups excluding carboxylic acids is 3. The summed E-state index contributed by atoms with van der Waals surface area (Å²) in [6.45, 7) is 3.30. The average molecular weight is 319 g/mol. The molecule has 2 N–H and O–H groups in total. The van der Waals surface area contributed by atoms with Gasteiger partial charge in [-0.05, 0) is 24.3 Å². The third-order valence-corrected chi connectivity index (χ3v) is 3.84. The molecule has 0 bridgehead atoms. The van der Waals surface area contributed by atoms with Crippen molar-refractivity contribution in [1.82, 2.24) is 5.32 Å². The van der Waals surface area contributed by atoms with Gasteiger partial charge in [-0.25, -0.2) is 0 Å². The lowest BCUT2D eigenvalue weighted by Gasteiger charge is -2.22. The van der Waals surface area contributed by atoms with Gasteiger partial charge in [-0.15, -0.1) is 0 Å². The number of hydrogen-bond acceptors (Lipinski definition) is 4. The number of aliphatic hydroxyl groups is 1. The highest BCUT2D eigenvalue weighted by atomic mass is 16.3. The Morgan fingerprint density at radius 3 is 2.39 bits per heavy atom. The number of aldehydes is 1. The van der Waals surface area contributed by atoms with Gasteiger partial charge in [0.15, 0.2) is 5.78 Å². The number of ketones is 1. The van der Waals surface area contributed by atoms with Crippen LogP contribution in [0.2, 0.25) is 0 Å². The number of hydrogen-bond donors (Lipinski definition) is 2. The van der Waals surface area contributed by atoms with Crippen LogP contribution in [0.1, 0.15) is 32.3 Å². The van der Waals surface area contributed by atoms with Crippen molar-refractivity contribution < 1.29 is 19.5 Å². The molecular formula is C18H25NO4. The maximum Gasteiger partial charge on any atom is 0.223 e. The van der Waals surface area contributed by atoms with Crippen molar-refractivity contribution in [2.45, 2.75) is 39.2 Å². The molecule has 0 fully saturated rings. The lowest BCUT2D eigenvalue weighted by molar-refractivity contribution is -0.129. The number of aliphatic hydroxyl groups excluding tert-OH is 1. The molecule has 126 valence electrons. The fourth-order valence-electron chi connectivity index (χ4n) is 2.45. The minimum absolute atomic E-state index is 0.0468. The Morgan fingerprint density at radius 1 is 1.22 bits per heavy atom. The molecule has 1 aromatic carbocycles. The summed E-state index contributed by atoms with van der Waals surface area (Å²) in [4.78, 5) is 34.9. The predicted octanol–water partition coefficient (Wildman–Crippen LogP) is 1.53. The molecule has 0 aromatic heterocycles. The van der Waals surface area contributed by atoms with Crippen LogP contribution in [-0.2, 0) is 20.8 Å². The first-order chi connectivity index (χ1) is 11.0. The second-order valence-corrected chi connectivity index (χ2v) is 6.03. The number of amides is 1. The van der Waals surface area contributed by atoms with E-state index in [1.807, 2.05) is 44.2 Å². The number of benzene rings is 1. The van der Waals surface area contributed by atoms with Gasteiger partial charge in [-0.1, -0.05) is 44.2 Å². The van der Waals surface area contributed by atoms with Gasteiger partial charge < -0.3 is 15.2 Å². The van der Waals surface area contributed by atoms with Crippen molar-refractivity contribution in [2.75, 3.05) is 6.61 Å². The SMILES string of the molecule is CC(C)[C@H](CCC(=O)CO)C(=O)NC(C=O)Cc1ccccc1. The minimum Gasteiger partial charge on any atom is -0.389 e. The third-order valence-electron chi connectivity index (χ3n) is 3.84. The smallest absolute Gasteiger partial charge is 0.223 e. The molecule has 5 nitrogen and oxygen atoms in total. The van der Waals surface area contributed by atoms with E-state index in [1.54, 1.807) is 0 Å². The van der Waals surface area contributed by atoms with Crippen molar-refractivity contribution >= 4 is 18.0 Å². The summed E-state index contributed by atoms with van der Waals surface area (Å²) >= 11 is 0. The standard InChI is InChI=1S/C18H25NO4/c1-13(2)17(9-8-16(22)12-21)18(23)19-15(11-20)10-14-6-4-3-5-7-14/h3-7,11,13,15,17,21H,8-10,12H2,1-2H3,(H,19,23)/t15?,17-/m0/s1. The maximum absolute atomic E-state index is 12.4. The van der Waals surface area contributed by atoms with Gasteiger partial charge >= 0.3 is 0 Å². The van der Waals surface area contributed by atoms with Crippen LogP contribution in [0, 0.1) is 11.8 Å². The Kier molecular flexibility index (Phi) is 8.19. The predicted molar refractivity (Wildman–Crippen MR) is 87.8 cm³/mol. The first kappa shape index (κ1) is 19.0. The zero-order valence-corrected chi connectivity index (χ0v) is 13.7. The quantitative estimate of drug-likeness (QED) is 0.641. The fourth-order valence-corrected chi connectivity index (χ4v) is 2.45. The van der Waals surface area contributed by atoms with Gasteiger partial charge in [0.05, 0.1) is 6.04 Å². The van der Waals surface area contributed by atoms with E-state index in [0.29, 0.717) is 12.8 Å². The topological polar surface area (TPSA) is 83.5 Å². The van der Waals surface area contributed by atoms with Crippen LogP contribution in [0.4, 0.5) is 0 Å². The van der Waals surface area contributed by atoms with Crippen LogP contribution in [0.3, 0.4) is 0 Å². The van der Waals surface area contributed by atoms with E-state index < -0.39 is 12.6 Å². The number of rotatable bonds is 10. The van der Waals surface area contributed by atoms with Gasteiger partial charge in [0, 0.05) is 12.3 Å². The highest BCUT2D eigenvalue weighted by Crippen LogP contribution is 2.18. The summed E-state index contributed by atoms with van der Waals surface area (Å²) in [6.07, 6.45) is 1.72. The molecule has 23 heavy (non-hydrogen) atoms. The second kappa shape index (κ2) is 9.90. The summed E-state index contributed by atoms with van der Waals surface area (Å²) in [5.41, 5.74) is 0.974. The second-order valence-electron chi connectivity index (χ2n) is 6.03. The molecule has 0 radical (unpaired) electrons. The molecule has 0 aliphatic rings. The molecular weight excluding hydrogens is 294 g/mol. The largest absolute Gasteiger partial charge is 0.389 e. The Bertz CT molecular complexity index is 513. The van der Waals surface area contributed by atoms with E-state index in [2.05, 4.69) is 5.32 Å². The molecule has 0 saturated heterocycles. The van der Waals surface area contributed by atoms with Crippen LogP contribution in [0.5, 0.6) is 0 Å². The third kappa shape index (κ3) is 6.74. The van der Waals surface area contributed by atoms with Crippen LogP contribution in [0.25, 0.3) is 0 Å². The summed E-state index contributed by atoms with van der Waals surface area (Å²) < 4.78 is 0. The minimum atomic E-state index is -0.584. The Balaban J connectivity index is 2.64. The molecule has 2 atom stereocenters. The van der Waals surface area contributed by atoms with Crippen LogP contribution >= 0.6 is 0 Å². The van der Waals surface area contributed by atoms with Crippen LogP contribution < -0.4 is 5.32 Å². The lowest BCUT2D eigenvalue weighted by Crippen LogP contribution is -2.42. The van der Waals surface area contributed by atoms with E-state index in [0.717, 1.165) is 11.8 Å². The zero-order valence-electron chi connectivity index (χ0n) is 13.7. The first-order valence-electron chi connectivity index (χ1n) is 7.90. The van der Waals surface area contributed by atoms with E-state index >= 15 is 0 Å². The van der Waals surface area contributed by atoms with Gasteiger partial charge in [0.25, 0.3) is 0 Å². The van der Waals surface area contributed by atoms with Crippen molar-refractivity contribution in [3.05, 3.63) is 35.9 Å². The van der Waals surface area contributed by atoms with Crippen molar-refractivity contribution in [2.24, 2.45) is 11.8 Å². The van der Waals surface area contributed by atoms with Crippen molar-refractivity contribution in [3.63, 3.8) is 0 Å². The first-order valence-corrected chi connectivity index (χ1v) is 7.90. The summed E-state index contributed by atoms with van der Waals surface area (Å²) in [6, 6.07) is 8.89. The van der Waals surface area contributed by atoms with Crippen LogP contribution in [-0.4, -0.2) is 35.7 Å². The lowest BCUT2D eigenvalue weighted by atomic mass is 9.89. The molecule has 5 heteroatoms. The van der Waals surface area contributed by atoms with E-state index in [9.17, 15) is 14.4 Å². The van der Waals surface area contributed by atoms with E-state index in [-0.39, 0.29) is 29.9 Å². The van der Waals surface area contributed by atoms with Crippen LogP contribution in [0.15, 0.2) is 30.3 Å². The van der Waals surface area contributed by atoms with E-state index in [4.69, 9.17) is 5.11 Å². The normalized spacial score (nSPS) is 13.4. The van der Waals surface area contributed by atoms with Crippen molar-refractivity contribution in [1.29, 1.82) is 0 Å². The Labute approximate surface area is 137 Å². The highest BCUT2D eigenvalue weighted by Gasteiger charge is 2.25. The molecule has 0 aliphatic heterocycles. The van der Waals surface area contributed by atoms with Gasteiger partial charge in [0.1, 0.15) is 12.9 Å². The number of nitrogens with one attached hydrogen (secondary N) is 1. The molecule has 0 saturated carbocycles. The number of carbonyl (C=O) groups is 3. The van der Waals surface area contributed by atoms with Gasteiger partial charge in [-0.3, -0.25) is 9.59 Å². The molecule has 1 amide bonds. The molecule has 0 aliphatic carbocycles. The maximum atomic E-state index is 12.4. The van der Waals surface area contributed by atoms with Crippen molar-refractivity contribution in [3.8, 4) is 0 Å². The molecule has 0 spiro atoms. The summed E-state index contributed by atoms with van der Waals surface area (Å²) in [5.74, 6) is -0.812. The molecule has 0 heterocycles. The Morgan fingerprint density at radius 2 is 1.87 bits per heavy atom. The molecule has 1 rings (SSSR count). The Hall–Kier alpha value is -2.01. The zero-order chi connectivity index (χ0) is 17.2. The molecule has 1 unspecified atom stereocenters. The highest BCUT2D eigenvalue weighted by molar-refractivity contribution is 5.84. The molecule has 1 aromatic rings. The number of Topliss-reactive ketones (excluding diaryl/α,β-unsaturated/α-hetero) is 1. The summed E-state index contributed by atoms with van der Waals surface area (Å²) in [7, 11) is 0. The van der Waals surface area contributed by atoms with Gasteiger partial charge in [-0.2, -0.15) is 0 Å². The van der Waals surface area contributed by atoms with Gasteiger partial charge in [0.2, 0.25) is 5.91 Å². The summed E-state index contributed by atoms with van der Waals surface area (Å²) in [5, 5.41) is 11.5. The average Bonchev–Trinajstić information content (AvgIpc) is 2.54. The fraction of sp³-hybridized carbons (Fsp3) is 0.500. The monoisotopic (exact) mass is 319 g/mol. The van der Waals surface area contributed by atoms with E-state index in [1.165, 1.54) is 0 Å².